The third-order valence-corrected chi connectivity index (χ3v) is 3.43. The molecule has 8 heteroatoms. The van der Waals surface area contributed by atoms with Gasteiger partial charge in [0.1, 0.15) is 18.1 Å². The number of aliphatic hydroxyl groups excluding tert-OH is 1. The average molecular weight is 371 g/mol. The van der Waals surface area contributed by atoms with Gasteiger partial charge < -0.3 is 19.9 Å². The van der Waals surface area contributed by atoms with Crippen LogP contribution in [0.25, 0.3) is 0 Å². The summed E-state index contributed by atoms with van der Waals surface area (Å²) in [4.78, 5) is 24.4. The number of nitrogens with one attached hydrogen (secondary N) is 2. The summed E-state index contributed by atoms with van der Waals surface area (Å²) in [6.07, 6.45) is 0. The normalized spacial score (nSPS) is 10.9. The van der Waals surface area contributed by atoms with Gasteiger partial charge in [-0.15, -0.1) is 0 Å². The molecule has 0 atom stereocenters. The molecule has 0 aliphatic heterocycles. The molecule has 2 rings (SSSR count). The highest BCUT2D eigenvalue weighted by Gasteiger charge is 2.19. The molecule has 0 spiro atoms. The molecule has 3 N–H and O–H groups in total. The lowest BCUT2D eigenvalue weighted by atomic mass is 10.2. The number of benzene rings is 2. The summed E-state index contributed by atoms with van der Waals surface area (Å²) in [5.41, 5.74) is 3.24. The molecule has 0 aromatic heterocycles. The van der Waals surface area contributed by atoms with E-state index in [-0.39, 0.29) is 18.9 Å². The Morgan fingerprint density at radius 2 is 1.67 bits per heavy atom. The van der Waals surface area contributed by atoms with Crippen molar-refractivity contribution in [3.8, 4) is 11.5 Å². The van der Waals surface area contributed by atoms with E-state index in [2.05, 4.69) is 15.8 Å². The molecule has 0 radical (unpaired) electrons. The van der Waals surface area contributed by atoms with Gasteiger partial charge in [0.05, 0.1) is 25.1 Å². The summed E-state index contributed by atoms with van der Waals surface area (Å²) in [7, 11) is 1.48. The third kappa shape index (κ3) is 5.55. The first-order chi connectivity index (χ1) is 13.1. The van der Waals surface area contributed by atoms with Crippen LogP contribution in [0.4, 0.5) is 11.4 Å². The van der Waals surface area contributed by atoms with Crippen molar-refractivity contribution in [1.29, 1.82) is 0 Å². The minimum atomic E-state index is -0.673. The van der Waals surface area contributed by atoms with Crippen molar-refractivity contribution in [2.75, 3.05) is 31.1 Å². The molecule has 0 aliphatic rings. The van der Waals surface area contributed by atoms with Crippen LogP contribution in [0.3, 0.4) is 0 Å². The largest absolute Gasteiger partial charge is 0.495 e. The Kier molecular flexibility index (Phi) is 7.33. The summed E-state index contributed by atoms with van der Waals surface area (Å²) >= 11 is 0. The van der Waals surface area contributed by atoms with Crippen LogP contribution in [0.5, 0.6) is 11.5 Å². The van der Waals surface area contributed by atoms with E-state index in [1.54, 1.807) is 48.5 Å². The van der Waals surface area contributed by atoms with Gasteiger partial charge in [0.25, 0.3) is 5.91 Å². The number of hydrogen-bond acceptors (Lipinski definition) is 7. The molecule has 0 saturated carbocycles. The highest BCUT2D eigenvalue weighted by Crippen LogP contribution is 2.24. The van der Waals surface area contributed by atoms with Crippen LogP contribution in [-0.4, -0.2) is 42.8 Å². The minimum absolute atomic E-state index is 0.107. The Bertz CT molecular complexity index is 836. The first-order valence-corrected chi connectivity index (χ1v) is 8.18. The van der Waals surface area contributed by atoms with E-state index in [4.69, 9.17) is 14.6 Å². The highest BCUT2D eigenvalue weighted by atomic mass is 16.5. The van der Waals surface area contributed by atoms with Gasteiger partial charge in [-0.1, -0.05) is 24.3 Å². The van der Waals surface area contributed by atoms with Crippen molar-refractivity contribution in [1.82, 2.24) is 0 Å². The van der Waals surface area contributed by atoms with Crippen molar-refractivity contribution in [2.45, 2.75) is 6.92 Å². The molecule has 0 fully saturated rings. The predicted molar refractivity (Wildman–Crippen MR) is 102 cm³/mol. The molecule has 27 heavy (non-hydrogen) atoms. The van der Waals surface area contributed by atoms with Crippen LogP contribution in [0, 0.1) is 0 Å². The number of hydrogen-bond donors (Lipinski definition) is 3. The van der Waals surface area contributed by atoms with Gasteiger partial charge in [0, 0.05) is 6.92 Å². The Hall–Kier alpha value is -3.39. The molecule has 0 aliphatic carbocycles. The van der Waals surface area contributed by atoms with Gasteiger partial charge >= 0.3 is 0 Å². The monoisotopic (exact) mass is 371 g/mol. The summed E-state index contributed by atoms with van der Waals surface area (Å²) in [6.45, 7) is 1.21. The van der Waals surface area contributed by atoms with Gasteiger partial charge in [-0.3, -0.25) is 15.0 Å². The van der Waals surface area contributed by atoms with Gasteiger partial charge in [0.15, 0.2) is 11.5 Å². The Labute approximate surface area is 156 Å². The molecule has 2 aromatic carbocycles. The molecule has 8 nitrogen and oxygen atoms in total. The number of para-hydroxylation sites is 4. The number of methoxy groups -OCH3 is 1. The second-order valence-corrected chi connectivity index (χ2v) is 5.35. The van der Waals surface area contributed by atoms with E-state index in [1.165, 1.54) is 14.0 Å². The van der Waals surface area contributed by atoms with Gasteiger partial charge in [-0.2, -0.15) is 5.10 Å². The van der Waals surface area contributed by atoms with Crippen LogP contribution >= 0.6 is 0 Å². The van der Waals surface area contributed by atoms with Crippen molar-refractivity contribution in [3.05, 3.63) is 48.5 Å². The molecule has 2 aromatic rings. The first-order valence-electron chi connectivity index (χ1n) is 8.18. The Morgan fingerprint density at radius 3 is 2.30 bits per heavy atom. The second kappa shape index (κ2) is 9.93. The van der Waals surface area contributed by atoms with Crippen molar-refractivity contribution in [2.24, 2.45) is 5.10 Å². The minimum Gasteiger partial charge on any atom is -0.495 e. The molecule has 0 heterocycles. The topological polar surface area (TPSA) is 109 Å². The lowest BCUT2D eigenvalue weighted by molar-refractivity contribution is -0.114. The van der Waals surface area contributed by atoms with Crippen LogP contribution in [-0.2, 0) is 9.59 Å². The maximum atomic E-state index is 12.5. The summed E-state index contributed by atoms with van der Waals surface area (Å²) in [5, 5.41) is 15.4. The van der Waals surface area contributed by atoms with Crippen molar-refractivity contribution in [3.63, 3.8) is 0 Å². The number of Topliss-reactive ketones (excluding diaryl/α,β-unsaturated/α-hetero) is 1. The maximum Gasteiger partial charge on any atom is 0.279 e. The van der Waals surface area contributed by atoms with E-state index in [1.807, 2.05) is 0 Å². The van der Waals surface area contributed by atoms with Crippen LogP contribution in [0.2, 0.25) is 0 Å². The zero-order valence-corrected chi connectivity index (χ0v) is 15.1. The van der Waals surface area contributed by atoms with Gasteiger partial charge in [-0.25, -0.2) is 0 Å². The SMILES string of the molecule is COc1ccccc1NC(=O)/C(=N\Nc1ccccc1OCCO)C(C)=O. The highest BCUT2D eigenvalue weighted by molar-refractivity contribution is 6.67. The number of nitrogens with zero attached hydrogens (tertiary/aromatic N) is 1. The summed E-state index contributed by atoms with van der Waals surface area (Å²) < 4.78 is 10.6. The lowest BCUT2D eigenvalue weighted by Crippen LogP contribution is -2.29. The smallest absolute Gasteiger partial charge is 0.279 e. The van der Waals surface area contributed by atoms with E-state index in [0.717, 1.165) is 0 Å². The summed E-state index contributed by atoms with van der Waals surface area (Å²) in [6, 6.07) is 13.7. The molecule has 1 amide bonds. The number of carbonyl (C=O) groups is 2. The standard InChI is InChI=1S/C19H21N3O5/c1-13(24)18(19(25)20-14-7-3-5-9-16(14)26-2)22-21-15-8-4-6-10-17(15)27-12-11-23/h3-10,21,23H,11-12H2,1-2H3,(H,20,25)/b22-18-. The second-order valence-electron chi connectivity index (χ2n) is 5.35. The lowest BCUT2D eigenvalue weighted by Gasteiger charge is -2.12. The fraction of sp³-hybridized carbons (Fsp3) is 0.211. The number of ketones is 1. The van der Waals surface area contributed by atoms with E-state index < -0.39 is 11.7 Å². The van der Waals surface area contributed by atoms with Crippen molar-refractivity contribution < 1.29 is 24.2 Å². The Balaban J connectivity index is 2.19. The molecule has 142 valence electrons. The number of carbonyl (C=O) groups excluding carboxylic acids is 2. The predicted octanol–water partition coefficient (Wildman–Crippen LogP) is 2.06. The quantitative estimate of drug-likeness (QED) is 0.354. The van der Waals surface area contributed by atoms with Crippen LogP contribution in [0.15, 0.2) is 53.6 Å². The number of aliphatic hydroxyl groups is 1. The van der Waals surface area contributed by atoms with Crippen LogP contribution in [0.1, 0.15) is 6.92 Å². The third-order valence-electron chi connectivity index (χ3n) is 3.43. The fourth-order valence-corrected chi connectivity index (χ4v) is 2.18. The molecular weight excluding hydrogens is 350 g/mol. The average Bonchev–Trinajstić information content (AvgIpc) is 2.67. The fourth-order valence-electron chi connectivity index (χ4n) is 2.18. The van der Waals surface area contributed by atoms with Crippen molar-refractivity contribution >= 4 is 28.8 Å². The number of amides is 1. The van der Waals surface area contributed by atoms with Gasteiger partial charge in [0.2, 0.25) is 0 Å². The number of hydrazone groups is 1. The number of anilines is 2. The molecule has 0 saturated heterocycles. The molecule has 0 unspecified atom stereocenters. The zero-order chi connectivity index (χ0) is 19.6. The molecular formula is C19H21N3O5. The summed E-state index contributed by atoms with van der Waals surface area (Å²) in [5.74, 6) is -0.287. The van der Waals surface area contributed by atoms with E-state index in [0.29, 0.717) is 22.9 Å². The molecule has 0 bridgehead atoms. The van der Waals surface area contributed by atoms with Gasteiger partial charge in [-0.05, 0) is 24.3 Å². The maximum absolute atomic E-state index is 12.5. The van der Waals surface area contributed by atoms with Crippen LogP contribution < -0.4 is 20.2 Å². The number of rotatable bonds is 9. The zero-order valence-electron chi connectivity index (χ0n) is 15.1. The van der Waals surface area contributed by atoms with E-state index in [9.17, 15) is 9.59 Å². The Morgan fingerprint density at radius 1 is 1.04 bits per heavy atom. The van der Waals surface area contributed by atoms with E-state index >= 15 is 0 Å². The first kappa shape index (κ1) is 19.9. The number of ether oxygens (including phenoxy) is 2.